The van der Waals surface area contributed by atoms with Crippen LogP contribution in [0.5, 0.6) is 0 Å². The molecule has 2 aromatic heterocycles. The first-order valence-electron chi connectivity index (χ1n) is 7.11. The number of carbonyl (C=O) groups excluding carboxylic acids is 1. The van der Waals surface area contributed by atoms with Gasteiger partial charge in [-0.25, -0.2) is 9.48 Å². The van der Waals surface area contributed by atoms with Gasteiger partial charge in [0.1, 0.15) is 5.82 Å². The van der Waals surface area contributed by atoms with Crippen LogP contribution < -0.4 is 10.6 Å². The predicted molar refractivity (Wildman–Crippen MR) is 81.1 cm³/mol. The van der Waals surface area contributed by atoms with Crippen molar-refractivity contribution in [2.45, 2.75) is 33.7 Å². The number of H-pyrrole nitrogens is 1. The van der Waals surface area contributed by atoms with Crippen LogP contribution in [0.3, 0.4) is 0 Å². The summed E-state index contributed by atoms with van der Waals surface area (Å²) in [6, 6.07) is 1.65. The molecule has 7 nitrogen and oxygen atoms in total. The molecule has 3 N–H and O–H groups in total. The van der Waals surface area contributed by atoms with Crippen molar-refractivity contribution in [3.8, 4) is 0 Å². The molecule has 0 aromatic carbocycles. The second-order valence-electron chi connectivity index (χ2n) is 5.48. The molecule has 114 valence electrons. The van der Waals surface area contributed by atoms with Crippen LogP contribution in [0.15, 0.2) is 18.5 Å². The van der Waals surface area contributed by atoms with Gasteiger partial charge in [0.2, 0.25) is 0 Å². The van der Waals surface area contributed by atoms with E-state index < -0.39 is 0 Å². The molecular weight excluding hydrogens is 268 g/mol. The van der Waals surface area contributed by atoms with Crippen molar-refractivity contribution in [3.63, 3.8) is 0 Å². The fraction of sp³-hybridized carbons (Fsp3) is 0.500. The van der Waals surface area contributed by atoms with E-state index in [1.807, 2.05) is 23.9 Å². The normalized spacial score (nSPS) is 10.9. The Balaban J connectivity index is 1.84. The highest BCUT2D eigenvalue weighted by Gasteiger charge is 2.10. The number of aromatic amines is 1. The van der Waals surface area contributed by atoms with E-state index in [1.54, 1.807) is 6.20 Å². The van der Waals surface area contributed by atoms with Crippen molar-refractivity contribution in [3.05, 3.63) is 29.7 Å². The average Bonchev–Trinajstić information content (AvgIpc) is 3.00. The zero-order valence-corrected chi connectivity index (χ0v) is 12.7. The highest BCUT2D eigenvalue weighted by Crippen LogP contribution is 2.12. The highest BCUT2D eigenvalue weighted by atomic mass is 16.2. The summed E-state index contributed by atoms with van der Waals surface area (Å²) in [5, 5.41) is 16.7. The van der Waals surface area contributed by atoms with Crippen LogP contribution in [0.2, 0.25) is 0 Å². The van der Waals surface area contributed by atoms with E-state index in [0.29, 0.717) is 12.5 Å². The first-order valence-corrected chi connectivity index (χ1v) is 7.11. The summed E-state index contributed by atoms with van der Waals surface area (Å²) in [7, 11) is 0. The number of aryl methyl sites for hydroxylation is 1. The number of nitrogens with one attached hydrogen (secondary N) is 3. The van der Waals surface area contributed by atoms with E-state index >= 15 is 0 Å². The van der Waals surface area contributed by atoms with Crippen LogP contribution in [0.25, 0.3) is 0 Å². The molecule has 0 radical (unpaired) electrons. The van der Waals surface area contributed by atoms with E-state index in [4.69, 9.17) is 0 Å². The van der Waals surface area contributed by atoms with Crippen molar-refractivity contribution in [1.29, 1.82) is 0 Å². The Morgan fingerprint density at radius 1 is 1.48 bits per heavy atom. The van der Waals surface area contributed by atoms with Crippen LogP contribution in [0.1, 0.15) is 25.1 Å². The van der Waals surface area contributed by atoms with Crippen molar-refractivity contribution in [2.24, 2.45) is 5.92 Å². The summed E-state index contributed by atoms with van der Waals surface area (Å²) in [5.74, 6) is 1.19. The van der Waals surface area contributed by atoms with E-state index in [1.165, 1.54) is 0 Å². The largest absolute Gasteiger partial charge is 0.337 e. The fourth-order valence-corrected chi connectivity index (χ4v) is 2.03. The van der Waals surface area contributed by atoms with Crippen molar-refractivity contribution >= 4 is 11.8 Å². The van der Waals surface area contributed by atoms with E-state index in [-0.39, 0.29) is 6.03 Å². The van der Waals surface area contributed by atoms with E-state index in [2.05, 4.69) is 39.8 Å². The fourth-order valence-electron chi connectivity index (χ4n) is 2.03. The van der Waals surface area contributed by atoms with Gasteiger partial charge < -0.3 is 5.32 Å². The standard InChI is InChI=1S/C14H22N6O/c1-10(2)9-20-13(6-11(3)19-20)18-14(21)15-5-4-12-7-16-17-8-12/h6-8,10H,4-5,9H2,1-3H3,(H,16,17)(H2,15,18,21). The van der Waals surface area contributed by atoms with Crippen molar-refractivity contribution < 1.29 is 4.79 Å². The number of rotatable bonds is 6. The lowest BCUT2D eigenvalue weighted by Crippen LogP contribution is -2.31. The summed E-state index contributed by atoms with van der Waals surface area (Å²) < 4.78 is 1.83. The molecule has 0 saturated heterocycles. The molecule has 2 aromatic rings. The van der Waals surface area contributed by atoms with Crippen molar-refractivity contribution in [1.82, 2.24) is 25.3 Å². The second-order valence-corrected chi connectivity index (χ2v) is 5.48. The Bertz CT molecular complexity index is 572. The monoisotopic (exact) mass is 290 g/mol. The number of nitrogens with zero attached hydrogens (tertiary/aromatic N) is 3. The van der Waals surface area contributed by atoms with Crippen LogP contribution in [0, 0.1) is 12.8 Å². The molecule has 21 heavy (non-hydrogen) atoms. The molecule has 0 aliphatic carbocycles. The van der Waals surface area contributed by atoms with Gasteiger partial charge in [0.15, 0.2) is 0 Å². The molecule has 0 aliphatic heterocycles. The molecule has 2 amide bonds. The average molecular weight is 290 g/mol. The van der Waals surface area contributed by atoms with Gasteiger partial charge in [-0.1, -0.05) is 13.8 Å². The van der Waals surface area contributed by atoms with Crippen LogP contribution in [0.4, 0.5) is 10.6 Å². The number of amides is 2. The molecule has 0 fully saturated rings. The number of aromatic nitrogens is 4. The number of anilines is 1. The van der Waals surface area contributed by atoms with Gasteiger partial charge in [-0.2, -0.15) is 10.2 Å². The topological polar surface area (TPSA) is 87.6 Å². The third kappa shape index (κ3) is 4.62. The lowest BCUT2D eigenvalue weighted by atomic mass is 10.2. The van der Waals surface area contributed by atoms with E-state index in [9.17, 15) is 4.79 Å². The zero-order valence-electron chi connectivity index (χ0n) is 12.7. The first kappa shape index (κ1) is 15.1. The number of hydrogen-bond acceptors (Lipinski definition) is 3. The quantitative estimate of drug-likeness (QED) is 0.759. The maximum Gasteiger partial charge on any atom is 0.320 e. The number of carbonyl (C=O) groups is 1. The lowest BCUT2D eigenvalue weighted by Gasteiger charge is -2.11. The molecule has 0 unspecified atom stereocenters. The molecule has 2 rings (SSSR count). The number of urea groups is 1. The third-order valence-corrected chi connectivity index (χ3v) is 2.94. The first-order chi connectivity index (χ1) is 10.0. The molecule has 0 atom stereocenters. The Morgan fingerprint density at radius 3 is 2.95 bits per heavy atom. The zero-order chi connectivity index (χ0) is 15.2. The summed E-state index contributed by atoms with van der Waals surface area (Å²) >= 11 is 0. The molecule has 0 aliphatic rings. The minimum atomic E-state index is -0.219. The molecule has 0 saturated carbocycles. The van der Waals surface area contributed by atoms with Gasteiger partial charge in [0.05, 0.1) is 11.9 Å². The molecule has 2 heterocycles. The van der Waals surface area contributed by atoms with Crippen LogP contribution in [-0.2, 0) is 13.0 Å². The van der Waals surface area contributed by atoms with Crippen molar-refractivity contribution in [2.75, 3.05) is 11.9 Å². The Morgan fingerprint density at radius 2 is 2.29 bits per heavy atom. The smallest absolute Gasteiger partial charge is 0.320 e. The molecule has 0 bridgehead atoms. The maximum absolute atomic E-state index is 11.9. The van der Waals surface area contributed by atoms with Gasteiger partial charge in [-0.05, 0) is 24.8 Å². The lowest BCUT2D eigenvalue weighted by molar-refractivity contribution is 0.252. The van der Waals surface area contributed by atoms with Gasteiger partial charge in [0.25, 0.3) is 0 Å². The Hall–Kier alpha value is -2.31. The molecule has 0 spiro atoms. The minimum Gasteiger partial charge on any atom is -0.337 e. The predicted octanol–water partition coefficient (Wildman–Crippen LogP) is 1.93. The molecular formula is C14H22N6O. The van der Waals surface area contributed by atoms with Gasteiger partial charge in [-0.3, -0.25) is 10.4 Å². The highest BCUT2D eigenvalue weighted by molar-refractivity contribution is 5.88. The van der Waals surface area contributed by atoms with Gasteiger partial charge >= 0.3 is 6.03 Å². The summed E-state index contributed by atoms with van der Waals surface area (Å²) in [6.45, 7) is 7.48. The summed E-state index contributed by atoms with van der Waals surface area (Å²) in [5.41, 5.74) is 1.96. The Kier molecular flexibility index (Phi) is 4.97. The molecule has 7 heteroatoms. The third-order valence-electron chi connectivity index (χ3n) is 2.94. The van der Waals surface area contributed by atoms with Crippen LogP contribution in [-0.4, -0.2) is 32.6 Å². The summed E-state index contributed by atoms with van der Waals surface area (Å²) in [6.07, 6.45) is 4.31. The minimum absolute atomic E-state index is 0.219. The Labute approximate surface area is 124 Å². The van der Waals surface area contributed by atoms with E-state index in [0.717, 1.165) is 30.0 Å². The summed E-state index contributed by atoms with van der Waals surface area (Å²) in [4.78, 5) is 11.9. The number of hydrogen-bond donors (Lipinski definition) is 3. The van der Waals surface area contributed by atoms with Gasteiger partial charge in [0, 0.05) is 25.4 Å². The maximum atomic E-state index is 11.9. The SMILES string of the molecule is Cc1cc(NC(=O)NCCc2cn[nH]c2)n(CC(C)C)n1. The second kappa shape index (κ2) is 6.92. The van der Waals surface area contributed by atoms with Crippen LogP contribution >= 0.6 is 0 Å². The van der Waals surface area contributed by atoms with Gasteiger partial charge in [-0.15, -0.1) is 0 Å².